The maximum atomic E-state index is 13.9. The van der Waals surface area contributed by atoms with E-state index in [0.29, 0.717) is 5.56 Å². The molecule has 21 heavy (non-hydrogen) atoms. The van der Waals surface area contributed by atoms with Gasteiger partial charge in [-0.2, -0.15) is 0 Å². The normalized spacial score (nSPS) is 11.5. The Morgan fingerprint density at radius 3 is 2.71 bits per heavy atom. The van der Waals surface area contributed by atoms with Gasteiger partial charge < -0.3 is 15.7 Å². The van der Waals surface area contributed by atoms with Gasteiger partial charge in [-0.3, -0.25) is 0 Å². The highest BCUT2D eigenvalue weighted by Gasteiger charge is 2.10. The van der Waals surface area contributed by atoms with Crippen LogP contribution in [-0.2, 0) is 6.61 Å². The molecule has 3 N–H and O–H groups in total. The number of oxime groups is 1. The molecule has 2 aromatic carbocycles. The highest BCUT2D eigenvalue weighted by Crippen LogP contribution is 2.21. The smallest absolute Gasteiger partial charge is 0.170 e. The number of amidine groups is 1. The molecule has 0 fully saturated rings. The summed E-state index contributed by atoms with van der Waals surface area (Å²) in [5.74, 6) is -1.17. The van der Waals surface area contributed by atoms with Gasteiger partial charge in [0.25, 0.3) is 0 Å². The number of rotatable bonds is 4. The molecule has 0 aliphatic carbocycles. The predicted molar refractivity (Wildman–Crippen MR) is 74.4 cm³/mol. The lowest BCUT2D eigenvalue weighted by Crippen LogP contribution is -2.13. The summed E-state index contributed by atoms with van der Waals surface area (Å²) in [4.78, 5) is 0. The van der Waals surface area contributed by atoms with Crippen molar-refractivity contribution in [3.05, 3.63) is 64.7 Å². The average Bonchev–Trinajstić information content (AvgIpc) is 2.49. The molecule has 2 aromatic rings. The van der Waals surface area contributed by atoms with Gasteiger partial charge >= 0.3 is 0 Å². The van der Waals surface area contributed by atoms with Crippen molar-refractivity contribution >= 4 is 5.84 Å². The molecule has 2 rings (SSSR count). The monoisotopic (exact) mass is 292 g/mol. The predicted octanol–water partition coefficient (Wildman–Crippen LogP) is 2.95. The van der Waals surface area contributed by atoms with Gasteiger partial charge in [0.05, 0.1) is 0 Å². The quantitative estimate of drug-likeness (QED) is 0.394. The van der Waals surface area contributed by atoms with Gasteiger partial charge in [-0.1, -0.05) is 29.4 Å². The van der Waals surface area contributed by atoms with Crippen LogP contribution in [0, 0.1) is 18.6 Å². The summed E-state index contributed by atoms with van der Waals surface area (Å²) >= 11 is 0. The first-order valence-electron chi connectivity index (χ1n) is 6.17. The molecule has 110 valence electrons. The Kier molecular flexibility index (Phi) is 4.37. The number of nitrogens with zero attached hydrogens (tertiary/aromatic N) is 1. The fourth-order valence-corrected chi connectivity index (χ4v) is 1.77. The van der Waals surface area contributed by atoms with E-state index in [1.54, 1.807) is 19.1 Å². The number of hydrogen-bond donors (Lipinski definition) is 2. The molecule has 0 aliphatic heterocycles. The lowest BCUT2D eigenvalue weighted by molar-refractivity contribution is 0.284. The number of aryl methyl sites for hydroxylation is 1. The van der Waals surface area contributed by atoms with Crippen molar-refractivity contribution in [2.24, 2.45) is 10.9 Å². The van der Waals surface area contributed by atoms with Gasteiger partial charge in [0.2, 0.25) is 0 Å². The van der Waals surface area contributed by atoms with Crippen LogP contribution in [-0.4, -0.2) is 11.0 Å². The van der Waals surface area contributed by atoms with Crippen molar-refractivity contribution in [1.29, 1.82) is 0 Å². The van der Waals surface area contributed by atoms with Crippen molar-refractivity contribution < 1.29 is 18.7 Å². The Labute approximate surface area is 120 Å². The fourth-order valence-electron chi connectivity index (χ4n) is 1.77. The van der Waals surface area contributed by atoms with Gasteiger partial charge in [0.1, 0.15) is 12.4 Å². The van der Waals surface area contributed by atoms with E-state index in [1.807, 2.05) is 0 Å². The zero-order chi connectivity index (χ0) is 15.4. The summed E-state index contributed by atoms with van der Waals surface area (Å²) in [6, 6.07) is 8.81. The third-order valence-corrected chi connectivity index (χ3v) is 3.00. The molecule has 0 spiro atoms. The second-order valence-electron chi connectivity index (χ2n) is 4.47. The van der Waals surface area contributed by atoms with E-state index in [-0.39, 0.29) is 29.3 Å². The number of benzene rings is 2. The van der Waals surface area contributed by atoms with Crippen LogP contribution in [0.15, 0.2) is 41.6 Å². The number of halogens is 2. The second kappa shape index (κ2) is 6.21. The van der Waals surface area contributed by atoms with Crippen LogP contribution in [0.4, 0.5) is 8.78 Å². The fraction of sp³-hybridized carbons (Fsp3) is 0.133. The molecular formula is C15H14F2N2O2. The van der Waals surface area contributed by atoms with Crippen LogP contribution in [0.5, 0.6) is 5.75 Å². The third kappa shape index (κ3) is 3.28. The molecule has 0 saturated carbocycles. The van der Waals surface area contributed by atoms with Crippen molar-refractivity contribution in [2.75, 3.05) is 0 Å². The Balaban J connectivity index is 2.15. The molecule has 6 heteroatoms. The number of ether oxygens (including phenoxy) is 1. The van der Waals surface area contributed by atoms with Gasteiger partial charge in [-0.25, -0.2) is 8.78 Å². The zero-order valence-corrected chi connectivity index (χ0v) is 11.3. The van der Waals surface area contributed by atoms with Gasteiger partial charge in [-0.05, 0) is 24.6 Å². The van der Waals surface area contributed by atoms with Crippen LogP contribution in [0.3, 0.4) is 0 Å². The van der Waals surface area contributed by atoms with E-state index in [9.17, 15) is 8.78 Å². The molecule has 0 unspecified atom stereocenters. The van der Waals surface area contributed by atoms with Crippen molar-refractivity contribution in [1.82, 2.24) is 0 Å². The minimum absolute atomic E-state index is 0.0647. The average molecular weight is 292 g/mol. The van der Waals surface area contributed by atoms with Crippen molar-refractivity contribution in [3.63, 3.8) is 0 Å². The Bertz CT molecular complexity index is 687. The lowest BCUT2D eigenvalue weighted by atomic mass is 10.1. The molecule has 0 aliphatic rings. The molecule has 0 radical (unpaired) electrons. The van der Waals surface area contributed by atoms with Crippen LogP contribution in [0.25, 0.3) is 0 Å². The Morgan fingerprint density at radius 1 is 1.29 bits per heavy atom. The highest BCUT2D eigenvalue weighted by atomic mass is 19.1. The number of hydrogen-bond acceptors (Lipinski definition) is 3. The standard InChI is InChI=1S/C15H14F2N2O2/c1-9-3-2-4-13(14(9)17)21-8-11-6-5-10(7-12(11)16)15(18)19-20/h2-7,20H,8H2,1H3,(H2,18,19). The molecule has 0 atom stereocenters. The van der Waals surface area contributed by atoms with E-state index < -0.39 is 11.6 Å². The maximum absolute atomic E-state index is 13.9. The minimum Gasteiger partial charge on any atom is -0.486 e. The van der Waals surface area contributed by atoms with Crippen LogP contribution in [0.2, 0.25) is 0 Å². The number of nitrogens with two attached hydrogens (primary N) is 1. The summed E-state index contributed by atoms with van der Waals surface area (Å²) in [5, 5.41) is 11.3. The Morgan fingerprint density at radius 2 is 2.05 bits per heavy atom. The van der Waals surface area contributed by atoms with E-state index in [0.717, 1.165) is 6.07 Å². The van der Waals surface area contributed by atoms with E-state index >= 15 is 0 Å². The molecule has 0 saturated heterocycles. The first-order valence-corrected chi connectivity index (χ1v) is 6.17. The molecule has 0 amide bonds. The zero-order valence-electron chi connectivity index (χ0n) is 11.3. The van der Waals surface area contributed by atoms with Crippen molar-refractivity contribution in [2.45, 2.75) is 13.5 Å². The minimum atomic E-state index is -0.577. The highest BCUT2D eigenvalue weighted by molar-refractivity contribution is 5.97. The maximum Gasteiger partial charge on any atom is 0.170 e. The summed E-state index contributed by atoms with van der Waals surface area (Å²) < 4.78 is 32.9. The largest absolute Gasteiger partial charge is 0.486 e. The van der Waals surface area contributed by atoms with Crippen LogP contribution in [0.1, 0.15) is 16.7 Å². The van der Waals surface area contributed by atoms with Gasteiger partial charge in [0, 0.05) is 11.1 Å². The molecule has 0 heterocycles. The van der Waals surface area contributed by atoms with E-state index in [1.165, 1.54) is 18.2 Å². The summed E-state index contributed by atoms with van der Waals surface area (Å²) in [6.45, 7) is 1.50. The molecule has 4 nitrogen and oxygen atoms in total. The van der Waals surface area contributed by atoms with Gasteiger partial charge in [-0.15, -0.1) is 0 Å². The van der Waals surface area contributed by atoms with E-state index in [2.05, 4.69) is 5.16 Å². The second-order valence-corrected chi connectivity index (χ2v) is 4.47. The molecule has 0 aromatic heterocycles. The van der Waals surface area contributed by atoms with Crippen molar-refractivity contribution in [3.8, 4) is 5.75 Å². The molecule has 0 bridgehead atoms. The Hall–Kier alpha value is -2.63. The summed E-state index contributed by atoms with van der Waals surface area (Å²) in [5.41, 5.74) is 6.31. The third-order valence-electron chi connectivity index (χ3n) is 3.00. The first-order chi connectivity index (χ1) is 10.0. The van der Waals surface area contributed by atoms with Crippen LogP contribution >= 0.6 is 0 Å². The summed E-state index contributed by atoms with van der Waals surface area (Å²) in [7, 11) is 0. The topological polar surface area (TPSA) is 67.8 Å². The van der Waals surface area contributed by atoms with E-state index in [4.69, 9.17) is 15.7 Å². The van der Waals surface area contributed by atoms with Gasteiger partial charge in [0.15, 0.2) is 17.4 Å². The summed E-state index contributed by atoms with van der Waals surface area (Å²) in [6.07, 6.45) is 0. The SMILES string of the molecule is Cc1cccc(OCc2ccc(/C(N)=N/O)cc2F)c1F. The van der Waals surface area contributed by atoms with Crippen LogP contribution < -0.4 is 10.5 Å². The molecular weight excluding hydrogens is 278 g/mol. The first kappa shape index (κ1) is 14.8. The lowest BCUT2D eigenvalue weighted by Gasteiger charge is -2.10.